The molecule has 0 saturated heterocycles. The van der Waals surface area contributed by atoms with Crippen LogP contribution in [0.5, 0.6) is 0 Å². The van der Waals surface area contributed by atoms with E-state index in [4.69, 9.17) is 5.73 Å². The molecule has 0 heterocycles. The minimum Gasteiger partial charge on any atom is -0.327 e. The summed E-state index contributed by atoms with van der Waals surface area (Å²) in [6.45, 7) is 10.1. The molecule has 0 aromatic carbocycles. The third kappa shape index (κ3) is 3.32. The van der Waals surface area contributed by atoms with Gasteiger partial charge in [-0.1, -0.05) is 53.4 Å². The van der Waals surface area contributed by atoms with Crippen LogP contribution in [0.1, 0.15) is 111 Å². The molecular weight excluding hydrogens is 326 g/mol. The highest BCUT2D eigenvalue weighted by Crippen LogP contribution is 2.67. The third-order valence-electron chi connectivity index (χ3n) is 10.6. The van der Waals surface area contributed by atoms with Gasteiger partial charge >= 0.3 is 0 Å². The van der Waals surface area contributed by atoms with Gasteiger partial charge in [-0.25, -0.2) is 0 Å². The normalized spacial score (nSPS) is 49.6. The number of hydrogen-bond acceptors (Lipinski definition) is 1. The van der Waals surface area contributed by atoms with Gasteiger partial charge in [0.1, 0.15) is 0 Å². The van der Waals surface area contributed by atoms with Crippen molar-refractivity contribution in [3.05, 3.63) is 0 Å². The lowest BCUT2D eigenvalue weighted by molar-refractivity contribution is -0.119. The first-order chi connectivity index (χ1) is 12.9. The Morgan fingerprint density at radius 1 is 0.889 bits per heavy atom. The maximum Gasteiger partial charge on any atom is 0.00983 e. The highest BCUT2D eigenvalue weighted by molar-refractivity contribution is 5.11. The van der Waals surface area contributed by atoms with Crippen LogP contribution in [-0.2, 0) is 0 Å². The highest BCUT2D eigenvalue weighted by Gasteiger charge is 2.60. The smallest absolute Gasteiger partial charge is 0.00983 e. The van der Waals surface area contributed by atoms with Crippen molar-refractivity contribution in [2.45, 2.75) is 117 Å². The lowest BCUT2D eigenvalue weighted by Crippen LogP contribution is -2.59. The Morgan fingerprint density at radius 2 is 1.70 bits per heavy atom. The van der Waals surface area contributed by atoms with Crippen LogP contribution < -0.4 is 5.73 Å². The predicted molar refractivity (Wildman–Crippen MR) is 116 cm³/mol. The summed E-state index contributed by atoms with van der Waals surface area (Å²) >= 11 is 0. The maximum atomic E-state index is 6.83. The highest BCUT2D eigenvalue weighted by atomic mass is 14.8. The van der Waals surface area contributed by atoms with Crippen LogP contribution >= 0.6 is 0 Å². The van der Waals surface area contributed by atoms with E-state index in [1.807, 2.05) is 0 Å². The van der Waals surface area contributed by atoms with E-state index in [2.05, 4.69) is 27.7 Å². The van der Waals surface area contributed by atoms with Crippen molar-refractivity contribution in [1.82, 2.24) is 0 Å². The van der Waals surface area contributed by atoms with E-state index >= 15 is 0 Å². The fourth-order valence-corrected chi connectivity index (χ4v) is 8.92. The Balaban J connectivity index is 1.45. The molecule has 4 fully saturated rings. The van der Waals surface area contributed by atoms with Crippen molar-refractivity contribution < 1.29 is 0 Å². The average Bonchev–Trinajstić information content (AvgIpc) is 2.96. The molecule has 4 rings (SSSR count). The Morgan fingerprint density at radius 3 is 2.48 bits per heavy atom. The zero-order valence-corrected chi connectivity index (χ0v) is 18.8. The Labute approximate surface area is 169 Å². The molecule has 0 radical (unpaired) electrons. The van der Waals surface area contributed by atoms with Gasteiger partial charge in [-0.2, -0.15) is 0 Å². The topological polar surface area (TPSA) is 26.0 Å². The Kier molecular flexibility index (Phi) is 5.74. The summed E-state index contributed by atoms with van der Waals surface area (Å²) in [5.41, 5.74) is 7.94. The van der Waals surface area contributed by atoms with Gasteiger partial charge in [0.15, 0.2) is 0 Å². The standard InChI is InChI=1S/C26H47N/c1-18(2)8-5-6-9-19-13-15-22-21-14-12-20-10-7-11-24(27)26(20,4)23(21)16-17-25(19,22)3/h18-24H,5-17,27H2,1-4H3/t19-,20?,21?,22?,23?,24+,25+,26-/m0/s1. The third-order valence-corrected chi connectivity index (χ3v) is 10.6. The summed E-state index contributed by atoms with van der Waals surface area (Å²) in [7, 11) is 0. The fraction of sp³-hybridized carbons (Fsp3) is 1.00. The fourth-order valence-electron chi connectivity index (χ4n) is 8.92. The molecule has 0 aliphatic heterocycles. The van der Waals surface area contributed by atoms with E-state index in [1.165, 1.54) is 83.5 Å². The summed E-state index contributed by atoms with van der Waals surface area (Å²) in [5, 5.41) is 0. The second-order valence-corrected chi connectivity index (χ2v) is 12.1. The van der Waals surface area contributed by atoms with E-state index in [0.29, 0.717) is 16.9 Å². The summed E-state index contributed by atoms with van der Waals surface area (Å²) in [6, 6.07) is 0.474. The van der Waals surface area contributed by atoms with Gasteiger partial charge in [0, 0.05) is 6.04 Å². The van der Waals surface area contributed by atoms with Crippen LogP contribution in [0.2, 0.25) is 0 Å². The molecule has 4 aliphatic rings. The molecule has 156 valence electrons. The lowest BCUT2D eigenvalue weighted by Gasteiger charge is -2.62. The quantitative estimate of drug-likeness (QED) is 0.507. The van der Waals surface area contributed by atoms with Gasteiger partial charge in [0.25, 0.3) is 0 Å². The second kappa shape index (κ2) is 7.66. The molecule has 4 aliphatic carbocycles. The Bertz CT molecular complexity index is 512. The summed E-state index contributed by atoms with van der Waals surface area (Å²) in [5.74, 6) is 5.77. The SMILES string of the molecule is CC(C)CCCC[C@H]1CCC2C3CCC4CCC[C@@H](N)[C@]4(C)C3CC[C@@]21C. The number of rotatable bonds is 5. The van der Waals surface area contributed by atoms with Crippen LogP contribution in [0, 0.1) is 46.3 Å². The monoisotopic (exact) mass is 373 g/mol. The molecule has 0 bridgehead atoms. The first-order valence-corrected chi connectivity index (χ1v) is 12.6. The summed E-state index contributed by atoms with van der Waals surface area (Å²) in [6.07, 6.45) is 19.1. The average molecular weight is 374 g/mol. The van der Waals surface area contributed by atoms with Crippen LogP contribution in [0.4, 0.5) is 0 Å². The van der Waals surface area contributed by atoms with Gasteiger partial charge in [0.05, 0.1) is 0 Å². The molecule has 0 spiro atoms. The van der Waals surface area contributed by atoms with Crippen molar-refractivity contribution in [3.63, 3.8) is 0 Å². The molecule has 1 nitrogen and oxygen atoms in total. The molecule has 8 atom stereocenters. The van der Waals surface area contributed by atoms with Crippen molar-refractivity contribution in [3.8, 4) is 0 Å². The minimum atomic E-state index is 0.456. The van der Waals surface area contributed by atoms with Crippen molar-refractivity contribution in [2.75, 3.05) is 0 Å². The molecule has 1 heteroatoms. The van der Waals surface area contributed by atoms with Crippen molar-refractivity contribution >= 4 is 0 Å². The number of nitrogens with two attached hydrogens (primary N) is 1. The largest absolute Gasteiger partial charge is 0.327 e. The molecule has 0 aromatic heterocycles. The van der Waals surface area contributed by atoms with Crippen LogP contribution in [0.25, 0.3) is 0 Å². The number of fused-ring (bicyclic) bond motifs is 5. The van der Waals surface area contributed by atoms with E-state index < -0.39 is 0 Å². The van der Waals surface area contributed by atoms with Crippen molar-refractivity contribution in [1.29, 1.82) is 0 Å². The van der Waals surface area contributed by atoms with Crippen LogP contribution in [0.3, 0.4) is 0 Å². The van der Waals surface area contributed by atoms with Gasteiger partial charge in [-0.3, -0.25) is 0 Å². The Hall–Kier alpha value is -0.0400. The first-order valence-electron chi connectivity index (χ1n) is 12.6. The van der Waals surface area contributed by atoms with Gasteiger partial charge < -0.3 is 5.73 Å². The zero-order chi connectivity index (χ0) is 19.2. The molecular formula is C26H47N. The minimum absolute atomic E-state index is 0.456. The molecule has 2 N–H and O–H groups in total. The van der Waals surface area contributed by atoms with Crippen LogP contribution in [-0.4, -0.2) is 6.04 Å². The van der Waals surface area contributed by atoms with Crippen molar-refractivity contribution in [2.24, 2.45) is 52.1 Å². The van der Waals surface area contributed by atoms with E-state index in [-0.39, 0.29) is 0 Å². The molecule has 4 unspecified atom stereocenters. The van der Waals surface area contributed by atoms with E-state index in [0.717, 1.165) is 35.5 Å². The molecule has 0 amide bonds. The van der Waals surface area contributed by atoms with Gasteiger partial charge in [0.2, 0.25) is 0 Å². The van der Waals surface area contributed by atoms with E-state index in [9.17, 15) is 0 Å². The van der Waals surface area contributed by atoms with Gasteiger partial charge in [-0.15, -0.1) is 0 Å². The van der Waals surface area contributed by atoms with Gasteiger partial charge in [-0.05, 0) is 104 Å². The van der Waals surface area contributed by atoms with E-state index in [1.54, 1.807) is 0 Å². The number of hydrogen-bond donors (Lipinski definition) is 1. The number of unbranched alkanes of at least 4 members (excludes halogenated alkanes) is 1. The molecule has 4 saturated carbocycles. The molecule has 27 heavy (non-hydrogen) atoms. The first kappa shape index (κ1) is 20.2. The molecule has 0 aromatic rings. The lowest BCUT2D eigenvalue weighted by atomic mass is 9.44. The summed E-state index contributed by atoms with van der Waals surface area (Å²) in [4.78, 5) is 0. The predicted octanol–water partition coefficient (Wildman–Crippen LogP) is 7.19. The maximum absolute atomic E-state index is 6.83. The second-order valence-electron chi connectivity index (χ2n) is 12.1. The zero-order valence-electron chi connectivity index (χ0n) is 18.8. The summed E-state index contributed by atoms with van der Waals surface area (Å²) < 4.78 is 0. The van der Waals surface area contributed by atoms with Crippen LogP contribution in [0.15, 0.2) is 0 Å².